The van der Waals surface area contributed by atoms with Gasteiger partial charge in [-0.15, -0.1) is 10.2 Å². The van der Waals surface area contributed by atoms with E-state index in [0.717, 1.165) is 39.4 Å². The third-order valence-corrected chi connectivity index (χ3v) is 6.95. The highest BCUT2D eigenvalue weighted by atomic mass is 16.7. The minimum atomic E-state index is -0.680. The van der Waals surface area contributed by atoms with Crippen molar-refractivity contribution in [2.24, 2.45) is 0 Å². The fraction of sp³-hybridized carbons (Fsp3) is 0.385. The van der Waals surface area contributed by atoms with Gasteiger partial charge in [0.2, 0.25) is 0 Å². The molecule has 1 fully saturated rings. The van der Waals surface area contributed by atoms with Crippen LogP contribution in [-0.4, -0.2) is 48.1 Å². The van der Waals surface area contributed by atoms with Crippen LogP contribution in [-0.2, 0) is 9.31 Å². The molecule has 9 heteroatoms. The van der Waals surface area contributed by atoms with E-state index in [2.05, 4.69) is 39.8 Å². The Balaban J connectivity index is 1.88. The van der Waals surface area contributed by atoms with Gasteiger partial charge >= 0.3 is 7.12 Å². The second-order valence-electron chi connectivity index (χ2n) is 10.3. The zero-order valence-electron chi connectivity index (χ0n) is 21.6. The van der Waals surface area contributed by atoms with Gasteiger partial charge < -0.3 is 9.31 Å². The maximum atomic E-state index is 6.59. The molecule has 0 amide bonds. The molecular weight excluding hydrogens is 439 g/mol. The molecule has 5 rings (SSSR count). The summed E-state index contributed by atoms with van der Waals surface area (Å²) < 4.78 is 16.8. The molecule has 8 nitrogen and oxygen atoms in total. The van der Waals surface area contributed by atoms with E-state index < -0.39 is 18.3 Å². The lowest BCUT2D eigenvalue weighted by Gasteiger charge is -2.32. The van der Waals surface area contributed by atoms with Gasteiger partial charge in [0.15, 0.2) is 11.6 Å². The first-order valence-corrected chi connectivity index (χ1v) is 11.9. The van der Waals surface area contributed by atoms with Crippen molar-refractivity contribution in [1.82, 2.24) is 29.8 Å². The summed E-state index contributed by atoms with van der Waals surface area (Å²) in [6.45, 7) is 16.2. The summed E-state index contributed by atoms with van der Waals surface area (Å²) in [4.78, 5) is 0. The Kier molecular flexibility index (Phi) is 5.45. The molecule has 0 aliphatic carbocycles. The minimum absolute atomic E-state index is 0.528. The van der Waals surface area contributed by atoms with E-state index in [0.29, 0.717) is 11.6 Å². The van der Waals surface area contributed by atoms with Gasteiger partial charge in [0.05, 0.1) is 22.6 Å². The number of benzene rings is 1. The average molecular weight is 470 g/mol. The zero-order valence-corrected chi connectivity index (χ0v) is 21.6. The van der Waals surface area contributed by atoms with E-state index in [9.17, 15) is 0 Å². The molecule has 1 aromatic carbocycles. The number of rotatable bonds is 4. The van der Waals surface area contributed by atoms with Crippen molar-refractivity contribution in [3.8, 4) is 22.8 Å². The van der Waals surface area contributed by atoms with Crippen molar-refractivity contribution in [1.29, 1.82) is 0 Å². The van der Waals surface area contributed by atoms with Gasteiger partial charge in [0.25, 0.3) is 0 Å². The predicted molar refractivity (Wildman–Crippen MR) is 136 cm³/mol. The molecule has 1 aliphatic heterocycles. The normalized spacial score (nSPS) is 16.7. The number of hydrogen-bond donors (Lipinski definition) is 0. The quantitative estimate of drug-likeness (QED) is 0.419. The monoisotopic (exact) mass is 470 g/mol. The molecule has 0 atom stereocenters. The van der Waals surface area contributed by atoms with Gasteiger partial charge in [0, 0.05) is 22.4 Å². The van der Waals surface area contributed by atoms with Gasteiger partial charge in [0.1, 0.15) is 0 Å². The summed E-state index contributed by atoms with van der Waals surface area (Å²) in [5.41, 5.74) is 5.26. The second-order valence-corrected chi connectivity index (χ2v) is 10.3. The molecule has 0 saturated carbocycles. The molecule has 1 aliphatic rings. The van der Waals surface area contributed by atoms with Crippen LogP contribution in [0.25, 0.3) is 22.8 Å². The smallest absolute Gasteiger partial charge is 0.399 e. The second kappa shape index (κ2) is 8.14. The van der Waals surface area contributed by atoms with Crippen LogP contribution in [0.3, 0.4) is 0 Å². The van der Waals surface area contributed by atoms with E-state index >= 15 is 0 Å². The Morgan fingerprint density at radius 1 is 0.714 bits per heavy atom. The molecule has 4 heterocycles. The average Bonchev–Trinajstić information content (AvgIpc) is 3.38. The van der Waals surface area contributed by atoms with Crippen LogP contribution in [0.5, 0.6) is 0 Å². The van der Waals surface area contributed by atoms with Crippen LogP contribution in [0.15, 0.2) is 42.5 Å². The molecule has 0 N–H and O–H groups in total. The summed E-state index contributed by atoms with van der Waals surface area (Å²) >= 11 is 0. The molecular formula is C26H31BN6O2. The number of aryl methyl sites for hydroxylation is 4. The van der Waals surface area contributed by atoms with Crippen molar-refractivity contribution in [2.75, 3.05) is 0 Å². The molecule has 0 unspecified atom stereocenters. The Labute approximate surface area is 206 Å². The summed E-state index contributed by atoms with van der Waals surface area (Å²) in [5, 5.41) is 18.9. The molecule has 1 saturated heterocycles. The lowest BCUT2D eigenvalue weighted by atomic mass is 9.74. The third kappa shape index (κ3) is 3.88. The highest BCUT2D eigenvalue weighted by Crippen LogP contribution is 2.38. The van der Waals surface area contributed by atoms with E-state index in [-0.39, 0.29) is 0 Å². The van der Waals surface area contributed by atoms with Gasteiger partial charge in [-0.1, -0.05) is 30.3 Å². The molecule has 3 aromatic heterocycles. The van der Waals surface area contributed by atoms with Gasteiger partial charge in [-0.2, -0.15) is 10.2 Å². The lowest BCUT2D eigenvalue weighted by molar-refractivity contribution is 0.00578. The fourth-order valence-corrected chi connectivity index (χ4v) is 4.50. The van der Waals surface area contributed by atoms with Crippen LogP contribution in [0, 0.1) is 27.7 Å². The minimum Gasteiger partial charge on any atom is -0.399 e. The van der Waals surface area contributed by atoms with E-state index in [1.54, 1.807) is 0 Å². The summed E-state index contributed by atoms with van der Waals surface area (Å²) in [5.74, 6) is 1.20. The summed E-state index contributed by atoms with van der Waals surface area (Å²) in [7, 11) is -0.680. The fourth-order valence-electron chi connectivity index (χ4n) is 4.50. The van der Waals surface area contributed by atoms with E-state index in [1.807, 2.05) is 67.4 Å². The number of nitrogens with zero attached hydrogens (tertiary/aromatic N) is 6. The van der Waals surface area contributed by atoms with Crippen molar-refractivity contribution in [3.63, 3.8) is 0 Å². The zero-order chi connectivity index (χ0) is 25.1. The summed E-state index contributed by atoms with van der Waals surface area (Å²) in [6.07, 6.45) is 0. The van der Waals surface area contributed by atoms with Crippen molar-refractivity contribution in [3.05, 3.63) is 65.2 Å². The number of aromatic nitrogens is 6. The molecule has 0 bridgehead atoms. The van der Waals surface area contributed by atoms with E-state index in [4.69, 9.17) is 29.7 Å². The Morgan fingerprint density at radius 2 is 1.20 bits per heavy atom. The predicted octanol–water partition coefficient (Wildman–Crippen LogP) is 4.05. The first-order chi connectivity index (χ1) is 16.5. The van der Waals surface area contributed by atoms with Crippen LogP contribution >= 0.6 is 0 Å². The van der Waals surface area contributed by atoms with Crippen molar-refractivity contribution >= 4 is 12.6 Å². The van der Waals surface area contributed by atoms with Crippen LogP contribution < -0.4 is 5.46 Å². The highest BCUT2D eigenvalue weighted by molar-refractivity contribution is 6.65. The largest absolute Gasteiger partial charge is 0.499 e. The first kappa shape index (κ1) is 23.4. The Hall–Kier alpha value is -3.30. The maximum Gasteiger partial charge on any atom is 0.499 e. The van der Waals surface area contributed by atoms with Crippen molar-refractivity contribution in [2.45, 2.75) is 66.6 Å². The molecule has 4 aromatic rings. The number of hydrogen-bond acceptors (Lipinski definition) is 6. The van der Waals surface area contributed by atoms with Crippen molar-refractivity contribution < 1.29 is 9.31 Å². The van der Waals surface area contributed by atoms with Gasteiger partial charge in [-0.25, -0.2) is 9.36 Å². The van der Waals surface area contributed by atoms with Gasteiger partial charge in [-0.05, 0) is 73.1 Å². The summed E-state index contributed by atoms with van der Waals surface area (Å²) in [6, 6.07) is 14.2. The first-order valence-electron chi connectivity index (χ1n) is 11.9. The molecule has 0 radical (unpaired) electrons. The van der Waals surface area contributed by atoms with Gasteiger partial charge in [-0.3, -0.25) is 0 Å². The standard InChI is InChI=1S/C26H31BN6O2/c1-16-14-18(3)32(30-16)23-21(20-12-10-9-11-13-20)22(27-34-25(5,6)26(7,8)35-27)24(29-28-23)33-19(4)15-17(2)31-33/h9-15H,1-8H3. The van der Waals surface area contributed by atoms with Crippen LogP contribution in [0.2, 0.25) is 0 Å². The highest BCUT2D eigenvalue weighted by Gasteiger charge is 2.54. The Bertz CT molecular complexity index is 1390. The maximum absolute atomic E-state index is 6.59. The van der Waals surface area contributed by atoms with E-state index in [1.165, 1.54) is 0 Å². The topological polar surface area (TPSA) is 79.9 Å². The molecule has 35 heavy (non-hydrogen) atoms. The van der Waals surface area contributed by atoms with Crippen LogP contribution in [0.1, 0.15) is 50.5 Å². The SMILES string of the molecule is Cc1cc(C)n(-c2nnc(-n3nc(C)cc3C)c(-c3ccccc3)c2B2OC(C)(C)C(C)(C)O2)n1. The third-order valence-electron chi connectivity index (χ3n) is 6.95. The molecule has 180 valence electrons. The Morgan fingerprint density at radius 3 is 1.69 bits per heavy atom. The molecule has 0 spiro atoms. The van der Waals surface area contributed by atoms with Crippen LogP contribution in [0.4, 0.5) is 0 Å². The lowest BCUT2D eigenvalue weighted by Crippen LogP contribution is -2.41.